The van der Waals surface area contributed by atoms with Crippen molar-refractivity contribution in [1.29, 1.82) is 0 Å². The van der Waals surface area contributed by atoms with Gasteiger partial charge in [0.1, 0.15) is 5.82 Å². The summed E-state index contributed by atoms with van der Waals surface area (Å²) in [5.41, 5.74) is 1.26. The highest BCUT2D eigenvalue weighted by Gasteiger charge is 2.16. The quantitative estimate of drug-likeness (QED) is 0.921. The molecule has 2 rings (SSSR count). The molecular weight excluding hydrogens is 305 g/mol. The third kappa shape index (κ3) is 4.39. The number of carbonyl (C=O) groups is 1. The molecule has 0 aliphatic rings. The molecule has 4 nitrogen and oxygen atoms in total. The molecule has 0 atom stereocenters. The fourth-order valence-corrected chi connectivity index (χ4v) is 3.12. The van der Waals surface area contributed by atoms with Crippen LogP contribution >= 0.6 is 0 Å². The Balaban J connectivity index is 1.97. The minimum Gasteiger partial charge on any atom is -0.326 e. The lowest BCUT2D eigenvalue weighted by Gasteiger charge is -2.07. The lowest BCUT2D eigenvalue weighted by molar-refractivity contribution is -0.115. The first-order valence-corrected chi connectivity index (χ1v) is 8.37. The molecule has 22 heavy (non-hydrogen) atoms. The topological polar surface area (TPSA) is 63.2 Å². The Morgan fingerprint density at radius 1 is 1.14 bits per heavy atom. The summed E-state index contributed by atoms with van der Waals surface area (Å²) in [4.78, 5) is 11.9. The molecule has 2 aromatic rings. The molecule has 0 spiro atoms. The number of hydrogen-bond donors (Lipinski definition) is 1. The van der Waals surface area contributed by atoms with E-state index in [0.29, 0.717) is 5.69 Å². The van der Waals surface area contributed by atoms with Gasteiger partial charge < -0.3 is 5.32 Å². The molecule has 0 radical (unpaired) electrons. The monoisotopic (exact) mass is 321 g/mol. The number of nitrogens with one attached hydrogen (secondary N) is 1. The fourth-order valence-electron chi connectivity index (χ4n) is 1.88. The predicted octanol–water partition coefficient (Wildman–Crippen LogP) is 2.94. The van der Waals surface area contributed by atoms with Gasteiger partial charge in [0.2, 0.25) is 5.91 Å². The molecule has 0 unspecified atom stereocenters. The van der Waals surface area contributed by atoms with Gasteiger partial charge in [-0.05, 0) is 37.3 Å². The Morgan fingerprint density at radius 2 is 1.82 bits per heavy atom. The third-order valence-corrected chi connectivity index (χ3v) is 4.82. The van der Waals surface area contributed by atoms with Crippen LogP contribution < -0.4 is 5.32 Å². The van der Waals surface area contributed by atoms with Crippen molar-refractivity contribution in [2.75, 3.05) is 11.1 Å². The number of carbonyl (C=O) groups excluding carboxylic acids is 1. The first-order valence-electron chi connectivity index (χ1n) is 6.72. The van der Waals surface area contributed by atoms with Crippen molar-refractivity contribution >= 4 is 21.4 Å². The van der Waals surface area contributed by atoms with Gasteiger partial charge in [-0.3, -0.25) is 4.79 Å². The van der Waals surface area contributed by atoms with E-state index in [-0.39, 0.29) is 17.1 Å². The first-order chi connectivity index (χ1) is 10.4. The molecule has 0 fully saturated rings. The number of benzene rings is 2. The number of aryl methyl sites for hydroxylation is 1. The van der Waals surface area contributed by atoms with Crippen LogP contribution in [0.4, 0.5) is 10.1 Å². The van der Waals surface area contributed by atoms with Crippen molar-refractivity contribution in [3.8, 4) is 0 Å². The first kappa shape index (κ1) is 16.2. The number of anilines is 1. The van der Waals surface area contributed by atoms with Crippen molar-refractivity contribution in [2.24, 2.45) is 0 Å². The summed E-state index contributed by atoms with van der Waals surface area (Å²) in [6.07, 6.45) is -0.188. The number of amides is 1. The zero-order valence-electron chi connectivity index (χ0n) is 12.0. The highest BCUT2D eigenvalue weighted by Crippen LogP contribution is 2.14. The van der Waals surface area contributed by atoms with Crippen LogP contribution in [-0.2, 0) is 14.6 Å². The van der Waals surface area contributed by atoms with Crippen LogP contribution in [-0.4, -0.2) is 20.1 Å². The molecule has 0 aromatic heterocycles. The van der Waals surface area contributed by atoms with Crippen molar-refractivity contribution in [1.82, 2.24) is 0 Å². The van der Waals surface area contributed by atoms with E-state index in [1.807, 2.05) is 6.92 Å². The minimum absolute atomic E-state index is 0.188. The van der Waals surface area contributed by atoms with Gasteiger partial charge in [0, 0.05) is 12.1 Å². The largest absolute Gasteiger partial charge is 0.326 e. The SMILES string of the molecule is Cc1ccc(S(=O)(=O)CCC(=O)Nc2cccc(F)c2)cc1. The van der Waals surface area contributed by atoms with Crippen molar-refractivity contribution in [3.05, 3.63) is 59.9 Å². The highest BCUT2D eigenvalue weighted by atomic mass is 32.2. The minimum atomic E-state index is -3.51. The van der Waals surface area contributed by atoms with Crippen LogP contribution in [0.25, 0.3) is 0 Å². The van der Waals surface area contributed by atoms with Gasteiger partial charge in [-0.2, -0.15) is 0 Å². The molecule has 0 aliphatic carbocycles. The third-order valence-electron chi connectivity index (χ3n) is 3.09. The van der Waals surface area contributed by atoms with E-state index in [0.717, 1.165) is 5.56 Å². The lowest BCUT2D eigenvalue weighted by atomic mass is 10.2. The highest BCUT2D eigenvalue weighted by molar-refractivity contribution is 7.91. The molecular formula is C16H16FNO3S. The van der Waals surface area contributed by atoms with Crippen LogP contribution in [0.5, 0.6) is 0 Å². The summed E-state index contributed by atoms with van der Waals surface area (Å²) in [6.45, 7) is 1.86. The predicted molar refractivity (Wildman–Crippen MR) is 82.9 cm³/mol. The summed E-state index contributed by atoms with van der Waals surface area (Å²) < 4.78 is 37.2. The molecule has 0 saturated heterocycles. The number of sulfone groups is 1. The smallest absolute Gasteiger partial charge is 0.225 e. The Labute approximate surface area is 128 Å². The molecule has 0 bridgehead atoms. The van der Waals surface area contributed by atoms with Gasteiger partial charge in [0.25, 0.3) is 0 Å². The van der Waals surface area contributed by atoms with Gasteiger partial charge in [-0.25, -0.2) is 12.8 Å². The molecule has 0 heterocycles. The molecule has 0 saturated carbocycles. The van der Waals surface area contributed by atoms with Crippen molar-refractivity contribution in [2.45, 2.75) is 18.2 Å². The Morgan fingerprint density at radius 3 is 2.45 bits per heavy atom. The summed E-state index contributed by atoms with van der Waals surface area (Å²) in [5.74, 6) is -1.23. The average molecular weight is 321 g/mol. The van der Waals surface area contributed by atoms with Gasteiger partial charge in [-0.15, -0.1) is 0 Å². The Kier molecular flexibility index (Phi) is 4.92. The van der Waals surface area contributed by atoms with E-state index in [9.17, 15) is 17.6 Å². The van der Waals surface area contributed by atoms with Gasteiger partial charge in [-0.1, -0.05) is 23.8 Å². The zero-order valence-corrected chi connectivity index (χ0v) is 12.9. The van der Waals surface area contributed by atoms with Gasteiger partial charge in [0.15, 0.2) is 9.84 Å². The second-order valence-corrected chi connectivity index (χ2v) is 7.05. The standard InChI is InChI=1S/C16H16FNO3S/c1-12-5-7-15(8-6-12)22(20,21)10-9-16(19)18-14-4-2-3-13(17)11-14/h2-8,11H,9-10H2,1H3,(H,18,19). The Bertz CT molecular complexity index is 770. The number of rotatable bonds is 5. The molecule has 6 heteroatoms. The van der Waals surface area contributed by atoms with Crippen LogP contribution in [0.2, 0.25) is 0 Å². The maximum atomic E-state index is 13.0. The van der Waals surface area contributed by atoms with Crippen LogP contribution in [0.3, 0.4) is 0 Å². The lowest BCUT2D eigenvalue weighted by Crippen LogP contribution is -2.17. The van der Waals surface area contributed by atoms with E-state index in [1.54, 1.807) is 12.1 Å². The van der Waals surface area contributed by atoms with Crippen LogP contribution in [0.1, 0.15) is 12.0 Å². The van der Waals surface area contributed by atoms with Crippen molar-refractivity contribution < 1.29 is 17.6 Å². The van der Waals surface area contributed by atoms with Crippen LogP contribution in [0.15, 0.2) is 53.4 Å². The van der Waals surface area contributed by atoms with Gasteiger partial charge in [0.05, 0.1) is 10.6 Å². The molecule has 1 amide bonds. The zero-order chi connectivity index (χ0) is 16.2. The van der Waals surface area contributed by atoms with E-state index in [2.05, 4.69) is 5.32 Å². The molecule has 1 N–H and O–H groups in total. The molecule has 2 aromatic carbocycles. The maximum Gasteiger partial charge on any atom is 0.225 e. The summed E-state index contributed by atoms with van der Waals surface area (Å²) in [7, 11) is -3.51. The summed E-state index contributed by atoms with van der Waals surface area (Å²) in [6, 6.07) is 11.9. The summed E-state index contributed by atoms with van der Waals surface area (Å²) in [5, 5.41) is 2.47. The van der Waals surface area contributed by atoms with E-state index < -0.39 is 21.6 Å². The maximum absolute atomic E-state index is 13.0. The second-order valence-electron chi connectivity index (χ2n) is 4.94. The van der Waals surface area contributed by atoms with E-state index in [4.69, 9.17) is 0 Å². The normalized spacial score (nSPS) is 11.2. The van der Waals surface area contributed by atoms with Crippen LogP contribution in [0, 0.1) is 12.7 Å². The average Bonchev–Trinajstić information content (AvgIpc) is 2.46. The Hall–Kier alpha value is -2.21. The number of halogens is 1. The van der Waals surface area contributed by atoms with Crippen molar-refractivity contribution in [3.63, 3.8) is 0 Å². The second kappa shape index (κ2) is 6.70. The fraction of sp³-hybridized carbons (Fsp3) is 0.188. The van der Waals surface area contributed by atoms with E-state index in [1.165, 1.54) is 36.4 Å². The molecule has 116 valence electrons. The summed E-state index contributed by atoms with van der Waals surface area (Å²) >= 11 is 0. The molecule has 0 aliphatic heterocycles. The number of hydrogen-bond acceptors (Lipinski definition) is 3. The van der Waals surface area contributed by atoms with Gasteiger partial charge >= 0.3 is 0 Å². The van der Waals surface area contributed by atoms with E-state index >= 15 is 0 Å².